The third-order valence-corrected chi connectivity index (χ3v) is 6.92. The van der Waals surface area contributed by atoms with Crippen molar-refractivity contribution in [2.24, 2.45) is 0 Å². The number of esters is 2. The Morgan fingerprint density at radius 2 is 1.62 bits per heavy atom. The smallest absolute Gasteiger partial charge is 0.339 e. The molecule has 1 heterocycles. The zero-order chi connectivity index (χ0) is 21.3. The monoisotopic (exact) mass is 417 g/mol. The van der Waals surface area contributed by atoms with Gasteiger partial charge < -0.3 is 9.47 Å². The van der Waals surface area contributed by atoms with Crippen LogP contribution in [0.15, 0.2) is 35.2 Å². The number of carbonyl (C=O) groups is 2. The Hall–Kier alpha value is -2.87. The minimum absolute atomic E-state index is 0.0790. The van der Waals surface area contributed by atoms with Crippen molar-refractivity contribution in [2.45, 2.75) is 31.6 Å². The fourth-order valence-electron chi connectivity index (χ4n) is 3.60. The summed E-state index contributed by atoms with van der Waals surface area (Å²) in [5.74, 6) is -1.34. The van der Waals surface area contributed by atoms with Crippen molar-refractivity contribution in [3.05, 3.63) is 58.1 Å². The topological polar surface area (TPSA) is 90.0 Å². The van der Waals surface area contributed by atoms with Gasteiger partial charge in [-0.25, -0.2) is 18.0 Å². The van der Waals surface area contributed by atoms with Crippen LogP contribution in [0.1, 0.15) is 44.3 Å². The van der Waals surface area contributed by atoms with Crippen LogP contribution >= 0.6 is 0 Å². The van der Waals surface area contributed by atoms with E-state index in [-0.39, 0.29) is 22.6 Å². The quantitative estimate of drug-likeness (QED) is 0.695. The van der Waals surface area contributed by atoms with Crippen LogP contribution in [0.3, 0.4) is 0 Å². The minimum Gasteiger partial charge on any atom is -0.465 e. The molecule has 0 radical (unpaired) electrons. The summed E-state index contributed by atoms with van der Waals surface area (Å²) in [5, 5.41) is 0. The van der Waals surface area contributed by atoms with Gasteiger partial charge in [-0.15, -0.1) is 0 Å². The molecule has 0 saturated heterocycles. The second-order valence-electron chi connectivity index (χ2n) is 6.76. The first kappa shape index (κ1) is 20.9. The fourth-order valence-corrected chi connectivity index (χ4v) is 5.09. The van der Waals surface area contributed by atoms with Gasteiger partial charge in [0.25, 0.3) is 10.0 Å². The van der Waals surface area contributed by atoms with E-state index >= 15 is 0 Å². The zero-order valence-electron chi connectivity index (χ0n) is 16.8. The fraction of sp³-hybridized carbons (Fsp3) is 0.333. The van der Waals surface area contributed by atoms with E-state index in [0.717, 1.165) is 5.56 Å². The van der Waals surface area contributed by atoms with Crippen molar-refractivity contribution in [2.75, 3.05) is 25.1 Å². The van der Waals surface area contributed by atoms with E-state index in [9.17, 15) is 18.0 Å². The Balaban J connectivity index is 2.24. The lowest BCUT2D eigenvalue weighted by Gasteiger charge is -2.22. The van der Waals surface area contributed by atoms with Crippen LogP contribution < -0.4 is 4.31 Å². The predicted octanol–water partition coefficient (Wildman–Crippen LogP) is 2.88. The second kappa shape index (κ2) is 7.87. The van der Waals surface area contributed by atoms with Crippen LogP contribution in [-0.4, -0.2) is 41.1 Å². The predicted molar refractivity (Wildman–Crippen MR) is 108 cm³/mol. The number of aryl methyl sites for hydroxylation is 2. The number of benzene rings is 2. The first-order valence-electron chi connectivity index (χ1n) is 9.21. The standard InChI is InChI=1S/C21H23NO6S/c1-5-14-12-17-16(19(21(24)28-4)18(14)20(23)27-3)10-11-22(17)29(25,26)15-8-6-13(2)7-9-15/h6-9,12H,5,10-11H2,1-4H3. The third-order valence-electron chi connectivity index (χ3n) is 5.10. The lowest BCUT2D eigenvalue weighted by Crippen LogP contribution is -2.29. The van der Waals surface area contributed by atoms with Crippen LogP contribution in [0.5, 0.6) is 0 Å². The molecule has 2 aromatic rings. The third kappa shape index (κ3) is 3.48. The second-order valence-corrected chi connectivity index (χ2v) is 8.62. The molecule has 7 nitrogen and oxygen atoms in total. The molecule has 29 heavy (non-hydrogen) atoms. The average molecular weight is 417 g/mol. The number of nitrogens with zero attached hydrogens (tertiary/aromatic N) is 1. The van der Waals surface area contributed by atoms with Crippen LogP contribution in [0.2, 0.25) is 0 Å². The van der Waals surface area contributed by atoms with Crippen molar-refractivity contribution >= 4 is 27.6 Å². The Morgan fingerprint density at radius 1 is 1.03 bits per heavy atom. The van der Waals surface area contributed by atoms with E-state index in [2.05, 4.69) is 0 Å². The number of hydrogen-bond acceptors (Lipinski definition) is 6. The molecular weight excluding hydrogens is 394 g/mol. The molecule has 3 rings (SSSR count). The van der Waals surface area contributed by atoms with E-state index < -0.39 is 22.0 Å². The molecule has 2 aromatic carbocycles. The molecule has 0 saturated carbocycles. The number of ether oxygens (including phenoxy) is 2. The summed E-state index contributed by atoms with van der Waals surface area (Å²) in [5.41, 5.74) is 2.57. The first-order chi connectivity index (χ1) is 13.8. The molecular formula is C21H23NO6S. The van der Waals surface area contributed by atoms with Crippen LogP contribution in [0.4, 0.5) is 5.69 Å². The average Bonchev–Trinajstić information content (AvgIpc) is 3.15. The normalized spacial score (nSPS) is 13.2. The van der Waals surface area contributed by atoms with Gasteiger partial charge in [0.1, 0.15) is 0 Å². The van der Waals surface area contributed by atoms with Crippen molar-refractivity contribution in [3.63, 3.8) is 0 Å². The molecule has 0 amide bonds. The van der Waals surface area contributed by atoms with Gasteiger partial charge in [0.15, 0.2) is 0 Å². The van der Waals surface area contributed by atoms with Gasteiger partial charge in [-0.2, -0.15) is 0 Å². The number of sulfonamides is 1. The lowest BCUT2D eigenvalue weighted by molar-refractivity contribution is 0.0553. The number of rotatable bonds is 5. The molecule has 1 aliphatic rings. The zero-order valence-corrected chi connectivity index (χ0v) is 17.6. The number of anilines is 1. The first-order valence-corrected chi connectivity index (χ1v) is 10.6. The number of methoxy groups -OCH3 is 2. The molecule has 0 N–H and O–H groups in total. The molecule has 0 unspecified atom stereocenters. The molecule has 8 heteroatoms. The van der Waals surface area contributed by atoms with Crippen LogP contribution in [0.25, 0.3) is 0 Å². The van der Waals surface area contributed by atoms with Crippen LogP contribution in [-0.2, 0) is 32.3 Å². The number of hydrogen-bond donors (Lipinski definition) is 0. The highest BCUT2D eigenvalue weighted by atomic mass is 32.2. The van der Waals surface area contributed by atoms with Crippen molar-refractivity contribution in [3.8, 4) is 0 Å². The Labute approximate surface area is 170 Å². The van der Waals surface area contributed by atoms with E-state index in [1.54, 1.807) is 30.3 Å². The van der Waals surface area contributed by atoms with E-state index in [1.165, 1.54) is 18.5 Å². The maximum Gasteiger partial charge on any atom is 0.339 e. The molecule has 0 aromatic heterocycles. The van der Waals surface area contributed by atoms with Gasteiger partial charge in [-0.05, 0) is 49.1 Å². The summed E-state index contributed by atoms with van der Waals surface area (Å²) in [6.45, 7) is 3.87. The van der Waals surface area contributed by atoms with E-state index in [4.69, 9.17) is 9.47 Å². The lowest BCUT2D eigenvalue weighted by atomic mass is 9.92. The molecule has 1 aliphatic heterocycles. The van der Waals surface area contributed by atoms with Gasteiger partial charge in [0.2, 0.25) is 0 Å². The van der Waals surface area contributed by atoms with Crippen LogP contribution in [0, 0.1) is 6.92 Å². The summed E-state index contributed by atoms with van der Waals surface area (Å²) in [7, 11) is -1.35. The molecule has 154 valence electrons. The van der Waals surface area contributed by atoms with Crippen molar-refractivity contribution < 1.29 is 27.5 Å². The van der Waals surface area contributed by atoms with Crippen molar-refractivity contribution in [1.82, 2.24) is 0 Å². The summed E-state index contributed by atoms with van der Waals surface area (Å²) >= 11 is 0. The maximum atomic E-state index is 13.3. The van der Waals surface area contributed by atoms with Gasteiger partial charge in [0, 0.05) is 6.54 Å². The largest absolute Gasteiger partial charge is 0.465 e. The van der Waals surface area contributed by atoms with Gasteiger partial charge in [-0.3, -0.25) is 4.31 Å². The number of fused-ring (bicyclic) bond motifs is 1. The minimum atomic E-state index is -3.82. The summed E-state index contributed by atoms with van der Waals surface area (Å²) < 4.78 is 37.6. The SMILES string of the molecule is CCc1cc2c(c(C(=O)OC)c1C(=O)OC)CCN2S(=O)(=O)c1ccc(C)cc1. The molecule has 0 fully saturated rings. The highest BCUT2D eigenvalue weighted by Crippen LogP contribution is 2.39. The van der Waals surface area contributed by atoms with E-state index in [0.29, 0.717) is 29.7 Å². The van der Waals surface area contributed by atoms with E-state index in [1.807, 2.05) is 13.8 Å². The Bertz CT molecular complexity index is 1070. The Morgan fingerprint density at radius 3 is 2.17 bits per heavy atom. The van der Waals surface area contributed by atoms with Gasteiger partial charge in [-0.1, -0.05) is 24.6 Å². The van der Waals surface area contributed by atoms with Crippen molar-refractivity contribution in [1.29, 1.82) is 0 Å². The number of carbonyl (C=O) groups excluding carboxylic acids is 2. The van der Waals surface area contributed by atoms with Gasteiger partial charge in [0.05, 0.1) is 35.9 Å². The maximum absolute atomic E-state index is 13.3. The summed E-state index contributed by atoms with van der Waals surface area (Å²) in [6, 6.07) is 8.26. The molecule has 0 bridgehead atoms. The summed E-state index contributed by atoms with van der Waals surface area (Å²) in [6.07, 6.45) is 0.707. The molecule has 0 atom stereocenters. The highest BCUT2D eigenvalue weighted by Gasteiger charge is 2.37. The molecule has 0 aliphatic carbocycles. The highest BCUT2D eigenvalue weighted by molar-refractivity contribution is 7.92. The summed E-state index contributed by atoms with van der Waals surface area (Å²) in [4.78, 5) is 25.1. The Kier molecular flexibility index (Phi) is 5.66. The van der Waals surface area contributed by atoms with Gasteiger partial charge >= 0.3 is 11.9 Å². The molecule has 0 spiro atoms.